The number of anilines is 1. The summed E-state index contributed by atoms with van der Waals surface area (Å²) in [7, 11) is 0. The van der Waals surface area contributed by atoms with Gasteiger partial charge in [-0.3, -0.25) is 9.88 Å². The van der Waals surface area contributed by atoms with Crippen LogP contribution in [0.2, 0.25) is 0 Å². The van der Waals surface area contributed by atoms with E-state index in [1.807, 2.05) is 12.2 Å². The van der Waals surface area contributed by atoms with Crippen molar-refractivity contribution >= 4 is 22.8 Å². The van der Waals surface area contributed by atoms with Gasteiger partial charge in [-0.05, 0) is 87.7 Å². The molecule has 2 bridgehead atoms. The quantitative estimate of drug-likeness (QED) is 0.431. The molecule has 2 unspecified atom stereocenters. The lowest BCUT2D eigenvalue weighted by atomic mass is 9.85. The van der Waals surface area contributed by atoms with Crippen LogP contribution in [-0.4, -0.2) is 75.4 Å². The Labute approximate surface area is 250 Å². The van der Waals surface area contributed by atoms with Gasteiger partial charge in [-0.25, -0.2) is 4.39 Å². The molecule has 6 aliphatic rings. The van der Waals surface area contributed by atoms with Gasteiger partial charge in [0.25, 0.3) is 0 Å². The van der Waals surface area contributed by atoms with Crippen LogP contribution in [0.4, 0.5) is 10.2 Å². The average Bonchev–Trinajstić information content (AvgIpc) is 3.40. The molecule has 43 heavy (non-hydrogen) atoms. The highest BCUT2D eigenvalue weighted by Crippen LogP contribution is 2.55. The summed E-state index contributed by atoms with van der Waals surface area (Å²) in [4.78, 5) is 19.2. The van der Waals surface area contributed by atoms with E-state index in [0.29, 0.717) is 35.5 Å². The van der Waals surface area contributed by atoms with Crippen LogP contribution < -0.4 is 15.0 Å². The number of aromatic nitrogens is 3. The van der Waals surface area contributed by atoms with Crippen LogP contribution >= 0.6 is 0 Å². The molecule has 2 atom stereocenters. The third-order valence-corrected chi connectivity index (χ3v) is 10.9. The van der Waals surface area contributed by atoms with Crippen LogP contribution in [0.1, 0.15) is 62.5 Å². The molecule has 5 fully saturated rings. The zero-order valence-electron chi connectivity index (χ0n) is 24.4. The standard InChI is InChI=1S/C34H37FN6O2/c35-28-29(25-16-24(42)15-21-5-1-2-8-33(11-12-33)27(21)25)36-17-26-30(28)38-32(43-20-34-9-3-13-41(34)14-4-10-34)39-31(26)40-18-22-6-7-23(19-40)37-22/h1-2,5,8,15-17,22-23,37,42H,3-4,6-7,9-14,18-20H2. The Morgan fingerprint density at radius 3 is 2.58 bits per heavy atom. The molecule has 9 rings (SSSR count). The number of nitrogens with one attached hydrogen (secondary N) is 1. The number of phenolic OH excluding ortho intramolecular Hbond substituents is 1. The number of nitrogens with zero attached hydrogens (tertiary/aromatic N) is 5. The van der Waals surface area contributed by atoms with Gasteiger partial charge in [0, 0.05) is 42.3 Å². The number of hydrogen-bond acceptors (Lipinski definition) is 8. The number of pyridine rings is 1. The van der Waals surface area contributed by atoms with Crippen LogP contribution in [0.15, 0.2) is 36.6 Å². The van der Waals surface area contributed by atoms with Gasteiger partial charge in [0.1, 0.15) is 29.4 Å². The van der Waals surface area contributed by atoms with Crippen LogP contribution in [0, 0.1) is 5.82 Å². The highest BCUT2D eigenvalue weighted by Gasteiger charge is 2.46. The highest BCUT2D eigenvalue weighted by molar-refractivity contribution is 5.93. The Hall–Kier alpha value is -3.56. The monoisotopic (exact) mass is 580 g/mol. The molecule has 3 aromatic rings. The van der Waals surface area contributed by atoms with Gasteiger partial charge in [0.2, 0.25) is 0 Å². The van der Waals surface area contributed by atoms with E-state index in [9.17, 15) is 5.11 Å². The number of allylic oxidation sites excluding steroid dienone is 3. The molecule has 2 N–H and O–H groups in total. The molecule has 1 aromatic carbocycles. The van der Waals surface area contributed by atoms with Crippen molar-refractivity contribution in [2.75, 3.05) is 37.7 Å². The van der Waals surface area contributed by atoms with E-state index < -0.39 is 5.82 Å². The van der Waals surface area contributed by atoms with Crippen molar-refractivity contribution < 1.29 is 14.2 Å². The third kappa shape index (κ3) is 4.11. The van der Waals surface area contributed by atoms with Gasteiger partial charge in [0.15, 0.2) is 5.82 Å². The molecule has 6 heterocycles. The summed E-state index contributed by atoms with van der Waals surface area (Å²) in [6.07, 6.45) is 18.8. The number of piperazine rings is 1. The van der Waals surface area contributed by atoms with Crippen LogP contribution in [0.3, 0.4) is 0 Å². The summed E-state index contributed by atoms with van der Waals surface area (Å²) in [5.41, 5.74) is 2.85. The average molecular weight is 581 g/mol. The smallest absolute Gasteiger partial charge is 0.319 e. The topological polar surface area (TPSA) is 86.6 Å². The Kier molecular flexibility index (Phi) is 5.70. The minimum Gasteiger partial charge on any atom is -0.508 e. The molecule has 1 spiro atoms. The second kappa shape index (κ2) is 9.47. The van der Waals surface area contributed by atoms with Crippen LogP contribution in [-0.2, 0) is 5.41 Å². The number of hydrogen-bond donors (Lipinski definition) is 2. The Balaban J connectivity index is 1.18. The Morgan fingerprint density at radius 2 is 1.81 bits per heavy atom. The number of phenols is 1. The molecule has 2 aromatic heterocycles. The predicted octanol–water partition coefficient (Wildman–Crippen LogP) is 5.10. The summed E-state index contributed by atoms with van der Waals surface area (Å²) in [5.74, 6) is 0.298. The maximum absolute atomic E-state index is 16.9. The number of fused-ring (bicyclic) bond motifs is 6. The van der Waals surface area contributed by atoms with Crippen LogP contribution in [0.25, 0.3) is 28.2 Å². The van der Waals surface area contributed by atoms with E-state index >= 15 is 4.39 Å². The SMILES string of the molecule is Oc1cc2c(c(-c3ncc4c(N5CC6CCC(C5)N6)nc(OCC56CCCN5CCC6)nc4c3F)c1)C1(C=CC=C2)CC1. The van der Waals surface area contributed by atoms with Crippen molar-refractivity contribution in [1.29, 1.82) is 0 Å². The van der Waals surface area contributed by atoms with E-state index in [4.69, 9.17) is 19.7 Å². The number of aromatic hydroxyl groups is 1. The maximum Gasteiger partial charge on any atom is 0.319 e. The maximum atomic E-state index is 16.9. The summed E-state index contributed by atoms with van der Waals surface area (Å²) in [6, 6.07) is 4.45. The summed E-state index contributed by atoms with van der Waals surface area (Å²) in [5, 5.41) is 15.0. The lowest BCUT2D eigenvalue weighted by Crippen LogP contribution is -2.51. The number of benzene rings is 1. The predicted molar refractivity (Wildman–Crippen MR) is 164 cm³/mol. The first kappa shape index (κ1) is 25.9. The minimum absolute atomic E-state index is 0.0351. The number of ether oxygens (including phenoxy) is 1. The van der Waals surface area contributed by atoms with Crippen molar-refractivity contribution in [3.63, 3.8) is 0 Å². The first-order chi connectivity index (χ1) is 21.0. The summed E-state index contributed by atoms with van der Waals surface area (Å²) in [6.45, 7) is 4.36. The van der Waals surface area contributed by atoms with Gasteiger partial charge >= 0.3 is 6.01 Å². The number of rotatable bonds is 5. The fourth-order valence-electron chi connectivity index (χ4n) is 8.70. The Bertz CT molecular complexity index is 1680. The molecule has 0 radical (unpaired) electrons. The van der Waals surface area contributed by atoms with Gasteiger partial charge in [0.05, 0.1) is 10.9 Å². The summed E-state index contributed by atoms with van der Waals surface area (Å²) >= 11 is 0. The van der Waals surface area contributed by atoms with Crippen LogP contribution in [0.5, 0.6) is 11.8 Å². The van der Waals surface area contributed by atoms with Gasteiger partial charge in [-0.2, -0.15) is 9.97 Å². The van der Waals surface area contributed by atoms with E-state index in [0.717, 1.165) is 75.8 Å². The lowest BCUT2D eigenvalue weighted by molar-refractivity contribution is 0.108. The van der Waals surface area contributed by atoms with Gasteiger partial charge in [-0.15, -0.1) is 0 Å². The molecule has 4 aliphatic heterocycles. The molecule has 2 aliphatic carbocycles. The molecular weight excluding hydrogens is 543 g/mol. The summed E-state index contributed by atoms with van der Waals surface area (Å²) < 4.78 is 23.3. The van der Waals surface area contributed by atoms with E-state index in [-0.39, 0.29) is 33.9 Å². The fourth-order valence-corrected chi connectivity index (χ4v) is 8.70. The second-order valence-corrected chi connectivity index (χ2v) is 13.6. The minimum atomic E-state index is -0.494. The van der Waals surface area contributed by atoms with E-state index in [1.165, 1.54) is 12.8 Å². The highest BCUT2D eigenvalue weighted by atomic mass is 19.1. The molecular formula is C34H37FN6O2. The third-order valence-electron chi connectivity index (χ3n) is 10.9. The van der Waals surface area contributed by atoms with Crippen molar-refractivity contribution in [1.82, 2.24) is 25.2 Å². The largest absolute Gasteiger partial charge is 0.508 e. The van der Waals surface area contributed by atoms with Crippen molar-refractivity contribution in [3.05, 3.63) is 53.5 Å². The molecule has 8 nitrogen and oxygen atoms in total. The van der Waals surface area contributed by atoms with E-state index in [2.05, 4.69) is 27.3 Å². The first-order valence-electron chi connectivity index (χ1n) is 16.0. The van der Waals surface area contributed by atoms with Crippen molar-refractivity contribution in [2.24, 2.45) is 0 Å². The second-order valence-electron chi connectivity index (χ2n) is 13.6. The van der Waals surface area contributed by atoms with Gasteiger partial charge < -0.3 is 20.1 Å². The Morgan fingerprint density at radius 1 is 1.02 bits per heavy atom. The van der Waals surface area contributed by atoms with Crippen molar-refractivity contribution in [3.8, 4) is 23.0 Å². The molecule has 4 saturated heterocycles. The van der Waals surface area contributed by atoms with Gasteiger partial charge in [-0.1, -0.05) is 24.3 Å². The van der Waals surface area contributed by atoms with Crippen molar-refractivity contribution in [2.45, 2.75) is 74.4 Å². The van der Waals surface area contributed by atoms with E-state index in [1.54, 1.807) is 18.3 Å². The zero-order chi connectivity index (χ0) is 28.8. The molecule has 222 valence electrons. The normalized spacial score (nSPS) is 26.2. The first-order valence-corrected chi connectivity index (χ1v) is 16.0. The molecule has 9 heteroatoms. The lowest BCUT2D eigenvalue weighted by Gasteiger charge is -2.34. The molecule has 1 saturated carbocycles. The zero-order valence-corrected chi connectivity index (χ0v) is 24.4. The fraction of sp³-hybridized carbons (Fsp3) is 0.500. The molecule has 0 amide bonds. The number of halogens is 1.